The van der Waals surface area contributed by atoms with Crippen LogP contribution >= 0.6 is 0 Å². The van der Waals surface area contributed by atoms with E-state index >= 15 is 0 Å². The van der Waals surface area contributed by atoms with Gasteiger partial charge in [0.05, 0.1) is 0 Å². The summed E-state index contributed by atoms with van der Waals surface area (Å²) in [5, 5.41) is 18.2. The molecule has 1 amide bonds. The van der Waals surface area contributed by atoms with Crippen molar-refractivity contribution in [3.63, 3.8) is 0 Å². The number of carbonyl (C=O) groups excluding carboxylic acids is 1. The maximum absolute atomic E-state index is 12.4. The molecule has 27 heavy (non-hydrogen) atoms. The van der Waals surface area contributed by atoms with Gasteiger partial charge >= 0.3 is 0 Å². The Labute approximate surface area is 161 Å². The van der Waals surface area contributed by atoms with E-state index in [4.69, 9.17) is 5.26 Å². The van der Waals surface area contributed by atoms with Crippen molar-refractivity contribution in [2.75, 3.05) is 13.6 Å². The van der Waals surface area contributed by atoms with Crippen molar-refractivity contribution in [1.82, 2.24) is 16.0 Å². The number of amides is 1. The number of nitriles is 1. The van der Waals surface area contributed by atoms with Crippen molar-refractivity contribution in [2.45, 2.75) is 50.5 Å². The highest BCUT2D eigenvalue weighted by Crippen LogP contribution is 2.41. The lowest BCUT2D eigenvalue weighted by Crippen LogP contribution is -2.49. The zero-order valence-electron chi connectivity index (χ0n) is 16.2. The second-order valence-electron chi connectivity index (χ2n) is 7.91. The predicted octanol–water partition coefficient (Wildman–Crippen LogP) is 2.29. The molecule has 1 aromatic rings. The normalized spacial score (nSPS) is 30.1. The second kappa shape index (κ2) is 8.43. The molecule has 2 aliphatic carbocycles. The van der Waals surface area contributed by atoms with E-state index in [-0.39, 0.29) is 23.3 Å². The molecule has 0 aromatic heterocycles. The molecule has 3 N–H and O–H groups in total. The third-order valence-electron chi connectivity index (χ3n) is 6.12. The molecule has 6 heteroatoms. The van der Waals surface area contributed by atoms with Gasteiger partial charge < -0.3 is 16.0 Å². The molecule has 2 aliphatic rings. The maximum Gasteiger partial charge on any atom is 0.223 e. The first-order valence-electron chi connectivity index (χ1n) is 9.82. The van der Waals surface area contributed by atoms with E-state index in [1.807, 2.05) is 12.3 Å². The average Bonchev–Trinajstić information content (AvgIpc) is 3.44. The van der Waals surface area contributed by atoms with Crippen molar-refractivity contribution in [3.05, 3.63) is 35.9 Å². The SMILES string of the molecule is CN/C(=N\C#N)N[C@H]1CC[C@](CNC(=O)C2CC2C)(c2ccccc2)CC1. The molecular weight excluding hydrogens is 338 g/mol. The van der Waals surface area contributed by atoms with E-state index in [0.717, 1.165) is 32.1 Å². The van der Waals surface area contributed by atoms with Crippen LogP contribution in [-0.2, 0) is 10.2 Å². The molecule has 3 rings (SSSR count). The fourth-order valence-corrected chi connectivity index (χ4v) is 4.15. The molecular formula is C21H29N5O. The summed E-state index contributed by atoms with van der Waals surface area (Å²) >= 11 is 0. The Morgan fingerprint density at radius 1 is 1.30 bits per heavy atom. The third-order valence-corrected chi connectivity index (χ3v) is 6.12. The van der Waals surface area contributed by atoms with Crippen molar-refractivity contribution in [3.8, 4) is 6.19 Å². The number of rotatable bonds is 5. The number of carbonyl (C=O) groups is 1. The van der Waals surface area contributed by atoms with E-state index in [2.05, 4.69) is 52.1 Å². The molecule has 2 atom stereocenters. The zero-order chi connectivity index (χ0) is 19.3. The minimum absolute atomic E-state index is 0.0284. The molecule has 0 heterocycles. The topological polar surface area (TPSA) is 89.3 Å². The molecule has 0 aliphatic heterocycles. The lowest BCUT2D eigenvalue weighted by atomic mass is 9.68. The van der Waals surface area contributed by atoms with E-state index in [1.165, 1.54) is 5.56 Å². The van der Waals surface area contributed by atoms with Crippen LogP contribution in [0.5, 0.6) is 0 Å². The van der Waals surface area contributed by atoms with Crippen LogP contribution in [0.25, 0.3) is 0 Å². The van der Waals surface area contributed by atoms with Gasteiger partial charge in [0.25, 0.3) is 0 Å². The standard InChI is InChI=1S/C21H29N5O/c1-15-12-18(15)19(27)24-13-21(16-6-4-3-5-7-16)10-8-17(9-11-21)26-20(23-2)25-14-22/h3-7,15,17-18H,8-13H2,1-2H3,(H,24,27)(H2,23,25,26)/t15?,17-,18?,21-. The van der Waals surface area contributed by atoms with Gasteiger partial charge in [0.2, 0.25) is 18.1 Å². The Bertz CT molecular complexity index is 716. The molecule has 2 fully saturated rings. The number of nitrogens with zero attached hydrogens (tertiary/aromatic N) is 2. The van der Waals surface area contributed by atoms with Gasteiger partial charge in [-0.25, -0.2) is 0 Å². The third kappa shape index (κ3) is 4.60. The van der Waals surface area contributed by atoms with Gasteiger partial charge in [0.1, 0.15) is 0 Å². The first-order chi connectivity index (χ1) is 13.1. The minimum atomic E-state index is -0.0284. The number of hydrogen-bond donors (Lipinski definition) is 3. The molecule has 1 aromatic carbocycles. The Morgan fingerprint density at radius 2 is 1.96 bits per heavy atom. The Hall–Kier alpha value is -2.55. The van der Waals surface area contributed by atoms with E-state index < -0.39 is 0 Å². The molecule has 2 saturated carbocycles. The first kappa shape index (κ1) is 19.2. The lowest BCUT2D eigenvalue weighted by molar-refractivity contribution is -0.122. The van der Waals surface area contributed by atoms with Crippen LogP contribution in [0, 0.1) is 23.3 Å². The molecule has 144 valence electrons. The smallest absolute Gasteiger partial charge is 0.223 e. The Morgan fingerprint density at radius 3 is 2.52 bits per heavy atom. The quantitative estimate of drug-likeness (QED) is 0.423. The summed E-state index contributed by atoms with van der Waals surface area (Å²) in [4.78, 5) is 16.1. The molecule has 0 bridgehead atoms. The van der Waals surface area contributed by atoms with E-state index in [1.54, 1.807) is 7.05 Å². The van der Waals surface area contributed by atoms with Gasteiger partial charge in [-0.15, -0.1) is 4.99 Å². The van der Waals surface area contributed by atoms with Crippen molar-refractivity contribution < 1.29 is 4.79 Å². The molecule has 0 spiro atoms. The highest BCUT2D eigenvalue weighted by atomic mass is 16.2. The van der Waals surface area contributed by atoms with Crippen LogP contribution < -0.4 is 16.0 Å². The van der Waals surface area contributed by atoms with Crippen molar-refractivity contribution >= 4 is 11.9 Å². The van der Waals surface area contributed by atoms with Crippen LogP contribution in [0.4, 0.5) is 0 Å². The summed E-state index contributed by atoms with van der Waals surface area (Å²) in [5.41, 5.74) is 1.27. The summed E-state index contributed by atoms with van der Waals surface area (Å²) < 4.78 is 0. The van der Waals surface area contributed by atoms with Gasteiger partial charge in [-0.2, -0.15) is 5.26 Å². The van der Waals surface area contributed by atoms with Crippen LogP contribution in [-0.4, -0.2) is 31.5 Å². The number of hydrogen-bond acceptors (Lipinski definition) is 3. The van der Waals surface area contributed by atoms with Crippen LogP contribution in [0.3, 0.4) is 0 Å². The Balaban J connectivity index is 1.67. The predicted molar refractivity (Wildman–Crippen MR) is 106 cm³/mol. The lowest BCUT2D eigenvalue weighted by Gasteiger charge is -2.41. The highest BCUT2D eigenvalue weighted by Gasteiger charge is 2.41. The fourth-order valence-electron chi connectivity index (χ4n) is 4.15. The first-order valence-corrected chi connectivity index (χ1v) is 9.82. The number of benzene rings is 1. The van der Waals surface area contributed by atoms with Gasteiger partial charge in [-0.3, -0.25) is 4.79 Å². The maximum atomic E-state index is 12.4. The Kier molecular flexibility index (Phi) is 6.00. The zero-order valence-corrected chi connectivity index (χ0v) is 16.2. The average molecular weight is 367 g/mol. The van der Waals surface area contributed by atoms with Gasteiger partial charge in [0, 0.05) is 31.0 Å². The molecule has 6 nitrogen and oxygen atoms in total. The number of aliphatic imine (C=N–C) groups is 1. The largest absolute Gasteiger partial charge is 0.359 e. The minimum Gasteiger partial charge on any atom is -0.359 e. The second-order valence-corrected chi connectivity index (χ2v) is 7.91. The van der Waals surface area contributed by atoms with E-state index in [0.29, 0.717) is 18.4 Å². The van der Waals surface area contributed by atoms with Gasteiger partial charge in [0.15, 0.2) is 0 Å². The summed E-state index contributed by atoms with van der Waals surface area (Å²) in [6.45, 7) is 2.83. The van der Waals surface area contributed by atoms with Gasteiger partial charge in [-0.1, -0.05) is 37.3 Å². The number of nitrogens with one attached hydrogen (secondary N) is 3. The summed E-state index contributed by atoms with van der Waals surface area (Å²) in [6.07, 6.45) is 6.74. The van der Waals surface area contributed by atoms with Gasteiger partial charge in [-0.05, 0) is 43.6 Å². The molecule has 2 unspecified atom stereocenters. The van der Waals surface area contributed by atoms with E-state index in [9.17, 15) is 4.79 Å². The van der Waals surface area contributed by atoms with Crippen LogP contribution in [0.2, 0.25) is 0 Å². The highest BCUT2D eigenvalue weighted by molar-refractivity contribution is 5.81. The summed E-state index contributed by atoms with van der Waals surface area (Å²) in [5.74, 6) is 1.45. The monoisotopic (exact) mass is 367 g/mol. The summed E-state index contributed by atoms with van der Waals surface area (Å²) in [6, 6.07) is 10.8. The van der Waals surface area contributed by atoms with Crippen LogP contribution in [0.15, 0.2) is 35.3 Å². The fraction of sp³-hybridized carbons (Fsp3) is 0.571. The van der Waals surface area contributed by atoms with Crippen molar-refractivity contribution in [2.24, 2.45) is 16.8 Å². The number of guanidine groups is 1. The van der Waals surface area contributed by atoms with Crippen LogP contribution in [0.1, 0.15) is 44.6 Å². The molecule has 0 saturated heterocycles. The molecule has 0 radical (unpaired) electrons. The summed E-state index contributed by atoms with van der Waals surface area (Å²) in [7, 11) is 1.76. The van der Waals surface area contributed by atoms with Crippen molar-refractivity contribution in [1.29, 1.82) is 5.26 Å².